The first-order chi connectivity index (χ1) is 14.5. The van der Waals surface area contributed by atoms with Gasteiger partial charge in [-0.1, -0.05) is 30.8 Å². The third-order valence-corrected chi connectivity index (χ3v) is 5.74. The van der Waals surface area contributed by atoms with E-state index in [1.165, 1.54) is 0 Å². The Hall–Kier alpha value is -2.80. The summed E-state index contributed by atoms with van der Waals surface area (Å²) < 4.78 is 5.26. The van der Waals surface area contributed by atoms with Crippen LogP contribution in [0.4, 0.5) is 5.82 Å². The molecule has 3 aromatic rings. The van der Waals surface area contributed by atoms with Crippen LogP contribution >= 0.6 is 11.8 Å². The van der Waals surface area contributed by atoms with E-state index in [0.29, 0.717) is 17.9 Å². The summed E-state index contributed by atoms with van der Waals surface area (Å²) in [6.45, 7) is 7.57. The number of amides is 1. The van der Waals surface area contributed by atoms with Crippen molar-refractivity contribution in [3.8, 4) is 0 Å². The number of hydrogen-bond acceptors (Lipinski definition) is 6. The molecular weight excluding hydrogens is 396 g/mol. The smallest absolute Gasteiger partial charge is 0.251 e. The number of benzene rings is 1. The first kappa shape index (κ1) is 21.9. The highest BCUT2D eigenvalue weighted by Gasteiger charge is 2.13. The largest absolute Gasteiger partial charge is 0.467 e. The zero-order valence-corrected chi connectivity index (χ0v) is 18.8. The normalized spacial score (nSPS) is 10.8. The van der Waals surface area contributed by atoms with Gasteiger partial charge in [-0.25, -0.2) is 9.97 Å². The Bertz CT molecular complexity index is 989. The lowest BCUT2D eigenvalue weighted by Gasteiger charge is -2.20. The maximum Gasteiger partial charge on any atom is 0.251 e. The number of carbonyl (C=O) groups excluding carboxylic acids is 1. The lowest BCUT2D eigenvalue weighted by atomic mass is 10.1. The van der Waals surface area contributed by atoms with E-state index >= 15 is 0 Å². The molecule has 6 nitrogen and oxygen atoms in total. The second-order valence-corrected chi connectivity index (χ2v) is 8.16. The second-order valence-electron chi connectivity index (χ2n) is 7.21. The Kier molecular flexibility index (Phi) is 7.52. The van der Waals surface area contributed by atoms with Gasteiger partial charge in [0.1, 0.15) is 11.6 Å². The van der Waals surface area contributed by atoms with Crippen LogP contribution < -0.4 is 10.2 Å². The number of carbonyl (C=O) groups is 1. The molecule has 0 saturated heterocycles. The molecule has 0 radical (unpaired) electrons. The van der Waals surface area contributed by atoms with Crippen molar-refractivity contribution in [2.75, 3.05) is 18.5 Å². The van der Waals surface area contributed by atoms with E-state index < -0.39 is 0 Å². The van der Waals surface area contributed by atoms with E-state index in [-0.39, 0.29) is 5.91 Å². The molecule has 158 valence electrons. The first-order valence-corrected chi connectivity index (χ1v) is 11.0. The number of anilines is 1. The summed E-state index contributed by atoms with van der Waals surface area (Å²) in [5, 5.41) is 3.63. The molecule has 0 unspecified atom stereocenters. The molecule has 0 atom stereocenters. The van der Waals surface area contributed by atoms with E-state index in [0.717, 1.165) is 46.5 Å². The summed E-state index contributed by atoms with van der Waals surface area (Å²) in [6.07, 6.45) is 2.66. The third-order valence-electron chi connectivity index (χ3n) is 4.82. The van der Waals surface area contributed by atoms with Gasteiger partial charge >= 0.3 is 0 Å². The van der Waals surface area contributed by atoms with Crippen LogP contribution in [0.15, 0.2) is 52.2 Å². The van der Waals surface area contributed by atoms with E-state index in [1.54, 1.807) is 24.1 Å². The van der Waals surface area contributed by atoms with Crippen molar-refractivity contribution >= 4 is 23.5 Å². The van der Waals surface area contributed by atoms with Crippen LogP contribution in [-0.2, 0) is 12.3 Å². The molecule has 2 heterocycles. The van der Waals surface area contributed by atoms with Crippen LogP contribution in [0.5, 0.6) is 0 Å². The standard InChI is InChI=1S/C23H28N4O2S/c1-5-11-27(4)21-16(2)17(3)25-23(26-21)30-15-18-8-6-9-19(13-18)22(28)24-14-20-10-7-12-29-20/h6-10,12-13H,5,11,14-15H2,1-4H3,(H,24,28). The topological polar surface area (TPSA) is 71.3 Å². The van der Waals surface area contributed by atoms with Crippen molar-refractivity contribution in [1.82, 2.24) is 15.3 Å². The van der Waals surface area contributed by atoms with Gasteiger partial charge in [0, 0.05) is 36.2 Å². The molecular formula is C23H28N4O2S. The average molecular weight is 425 g/mol. The van der Waals surface area contributed by atoms with Gasteiger partial charge in [-0.3, -0.25) is 4.79 Å². The number of aromatic nitrogens is 2. The molecule has 30 heavy (non-hydrogen) atoms. The molecule has 0 spiro atoms. The minimum absolute atomic E-state index is 0.121. The zero-order valence-electron chi connectivity index (χ0n) is 17.9. The summed E-state index contributed by atoms with van der Waals surface area (Å²) in [5.74, 6) is 2.28. The molecule has 0 aliphatic heterocycles. The van der Waals surface area contributed by atoms with Crippen molar-refractivity contribution in [2.24, 2.45) is 0 Å². The summed E-state index contributed by atoms with van der Waals surface area (Å²) in [4.78, 5) is 24.0. The summed E-state index contributed by atoms with van der Waals surface area (Å²) in [5.41, 5.74) is 3.79. The SMILES string of the molecule is CCCN(C)c1nc(SCc2cccc(C(=O)NCc3ccco3)c2)nc(C)c1C. The molecule has 1 aromatic carbocycles. The van der Waals surface area contributed by atoms with Gasteiger partial charge in [0.2, 0.25) is 0 Å². The molecule has 0 bridgehead atoms. The summed E-state index contributed by atoms with van der Waals surface area (Å²) in [7, 11) is 2.07. The van der Waals surface area contributed by atoms with Crippen molar-refractivity contribution in [3.63, 3.8) is 0 Å². The number of nitrogens with zero attached hydrogens (tertiary/aromatic N) is 3. The van der Waals surface area contributed by atoms with Gasteiger partial charge in [0.15, 0.2) is 5.16 Å². The summed E-state index contributed by atoms with van der Waals surface area (Å²) >= 11 is 1.58. The molecule has 0 aliphatic rings. The number of hydrogen-bond donors (Lipinski definition) is 1. The predicted molar refractivity (Wildman–Crippen MR) is 121 cm³/mol. The predicted octanol–water partition coefficient (Wildman–Crippen LogP) is 4.75. The molecule has 2 aromatic heterocycles. The van der Waals surface area contributed by atoms with Crippen LogP contribution in [0.25, 0.3) is 0 Å². The molecule has 7 heteroatoms. The van der Waals surface area contributed by atoms with Gasteiger partial charge in [-0.15, -0.1) is 0 Å². The third kappa shape index (κ3) is 5.63. The van der Waals surface area contributed by atoms with Crippen LogP contribution in [0.1, 0.15) is 46.3 Å². The Labute approximate surface area is 182 Å². The molecule has 0 fully saturated rings. The van der Waals surface area contributed by atoms with Crippen molar-refractivity contribution in [2.45, 2.75) is 44.6 Å². The van der Waals surface area contributed by atoms with Gasteiger partial charge in [-0.2, -0.15) is 0 Å². The quantitative estimate of drug-likeness (QED) is 0.395. The minimum atomic E-state index is -0.121. The highest BCUT2D eigenvalue weighted by molar-refractivity contribution is 7.98. The van der Waals surface area contributed by atoms with Crippen LogP contribution in [0, 0.1) is 13.8 Å². The van der Waals surface area contributed by atoms with Gasteiger partial charge in [0.25, 0.3) is 5.91 Å². The lowest BCUT2D eigenvalue weighted by Crippen LogP contribution is -2.22. The van der Waals surface area contributed by atoms with Crippen LogP contribution in [-0.4, -0.2) is 29.5 Å². The number of rotatable bonds is 9. The van der Waals surface area contributed by atoms with E-state index in [2.05, 4.69) is 36.1 Å². The monoisotopic (exact) mass is 424 g/mol. The lowest BCUT2D eigenvalue weighted by molar-refractivity contribution is 0.0948. The molecule has 3 rings (SSSR count). The molecule has 1 amide bonds. The summed E-state index contributed by atoms with van der Waals surface area (Å²) in [6, 6.07) is 11.3. The van der Waals surface area contributed by atoms with E-state index in [9.17, 15) is 4.79 Å². The Morgan fingerprint density at radius 3 is 2.77 bits per heavy atom. The number of nitrogens with one attached hydrogen (secondary N) is 1. The van der Waals surface area contributed by atoms with E-state index in [4.69, 9.17) is 9.40 Å². The van der Waals surface area contributed by atoms with Gasteiger partial charge in [0.05, 0.1) is 12.8 Å². The maximum atomic E-state index is 12.4. The Morgan fingerprint density at radius 2 is 2.03 bits per heavy atom. The van der Waals surface area contributed by atoms with Crippen molar-refractivity contribution in [1.29, 1.82) is 0 Å². The first-order valence-electron chi connectivity index (χ1n) is 10.1. The number of aryl methyl sites for hydroxylation is 1. The van der Waals surface area contributed by atoms with Crippen molar-refractivity contribution < 1.29 is 9.21 Å². The fourth-order valence-corrected chi connectivity index (χ4v) is 3.93. The molecule has 0 aliphatic carbocycles. The second kappa shape index (κ2) is 10.3. The van der Waals surface area contributed by atoms with Gasteiger partial charge < -0.3 is 14.6 Å². The van der Waals surface area contributed by atoms with E-state index in [1.807, 2.05) is 37.3 Å². The highest BCUT2D eigenvalue weighted by Crippen LogP contribution is 2.26. The maximum absolute atomic E-state index is 12.4. The zero-order chi connectivity index (χ0) is 21.5. The average Bonchev–Trinajstić information content (AvgIpc) is 3.26. The Balaban J connectivity index is 1.66. The molecule has 1 N–H and O–H groups in total. The fourth-order valence-electron chi connectivity index (χ4n) is 3.10. The van der Waals surface area contributed by atoms with Crippen LogP contribution in [0.3, 0.4) is 0 Å². The number of thioether (sulfide) groups is 1. The highest BCUT2D eigenvalue weighted by atomic mass is 32.2. The number of furan rings is 1. The van der Waals surface area contributed by atoms with Crippen molar-refractivity contribution in [3.05, 3.63) is 70.8 Å². The van der Waals surface area contributed by atoms with Gasteiger partial charge in [-0.05, 0) is 50.1 Å². The molecule has 0 saturated carbocycles. The fraction of sp³-hybridized carbons (Fsp3) is 0.348. The minimum Gasteiger partial charge on any atom is -0.467 e. The Morgan fingerprint density at radius 1 is 1.20 bits per heavy atom. The van der Waals surface area contributed by atoms with Crippen LogP contribution in [0.2, 0.25) is 0 Å².